The number of aliphatic hydroxyl groups excluding tert-OH is 1. The molecule has 2 unspecified atom stereocenters. The van der Waals surface area contributed by atoms with Crippen LogP contribution in [0.4, 0.5) is 11.6 Å². The number of aliphatic hydroxyl groups is 2. The first-order valence-electron chi connectivity index (χ1n) is 9.44. The number of aromatic nitrogens is 2. The molecule has 4 rings (SSSR count). The lowest BCUT2D eigenvalue weighted by Crippen LogP contribution is -2.38. The van der Waals surface area contributed by atoms with Gasteiger partial charge in [0, 0.05) is 19.2 Å². The number of hydrogen-bond acceptors (Lipinski definition) is 6. The third-order valence-corrected chi connectivity index (χ3v) is 5.65. The summed E-state index contributed by atoms with van der Waals surface area (Å²) >= 11 is 0. The van der Waals surface area contributed by atoms with Crippen molar-refractivity contribution in [1.82, 2.24) is 9.97 Å². The van der Waals surface area contributed by atoms with Crippen LogP contribution in [0.1, 0.15) is 36.8 Å². The van der Waals surface area contributed by atoms with Crippen LogP contribution in [0.2, 0.25) is 0 Å². The smallest absolute Gasteiger partial charge is 0.134 e. The molecule has 0 amide bonds. The molecule has 26 heavy (non-hydrogen) atoms. The molecule has 6 nitrogen and oxygen atoms in total. The quantitative estimate of drug-likeness (QED) is 0.763. The maximum atomic E-state index is 11.2. The number of hydrogen-bond donors (Lipinski definition) is 3. The minimum absolute atomic E-state index is 0.132. The fourth-order valence-corrected chi connectivity index (χ4v) is 4.25. The summed E-state index contributed by atoms with van der Waals surface area (Å²) in [5.74, 6) is 1.53. The van der Waals surface area contributed by atoms with E-state index in [4.69, 9.17) is 0 Å². The Balaban J connectivity index is 1.50. The highest BCUT2D eigenvalue weighted by atomic mass is 16.3. The zero-order valence-corrected chi connectivity index (χ0v) is 14.9. The fraction of sp³-hybridized carbons (Fsp3) is 0.500. The van der Waals surface area contributed by atoms with Crippen LogP contribution in [0.5, 0.6) is 0 Å². The molecule has 3 N–H and O–H groups in total. The Labute approximate surface area is 153 Å². The zero-order valence-electron chi connectivity index (χ0n) is 14.9. The number of aryl methyl sites for hydroxylation is 1. The average molecular weight is 354 g/mol. The van der Waals surface area contributed by atoms with Crippen LogP contribution < -0.4 is 10.2 Å². The Morgan fingerprint density at radius 1 is 1.23 bits per heavy atom. The summed E-state index contributed by atoms with van der Waals surface area (Å²) in [6.45, 7) is 1.46. The molecule has 1 aromatic heterocycles. The van der Waals surface area contributed by atoms with Crippen molar-refractivity contribution in [3.63, 3.8) is 0 Å². The second kappa shape index (κ2) is 7.21. The number of nitrogens with zero attached hydrogens (tertiary/aromatic N) is 3. The lowest BCUT2D eigenvalue weighted by Gasteiger charge is -2.35. The monoisotopic (exact) mass is 354 g/mol. The van der Waals surface area contributed by atoms with Crippen molar-refractivity contribution in [3.8, 4) is 0 Å². The first kappa shape index (κ1) is 17.2. The predicted molar refractivity (Wildman–Crippen MR) is 101 cm³/mol. The molecular weight excluding hydrogens is 328 g/mol. The molecule has 1 saturated heterocycles. The zero-order chi connectivity index (χ0) is 18.0. The van der Waals surface area contributed by atoms with Gasteiger partial charge < -0.3 is 20.4 Å². The molecule has 1 fully saturated rings. The lowest BCUT2D eigenvalue weighted by atomic mass is 9.79. The van der Waals surface area contributed by atoms with Crippen LogP contribution in [0.25, 0.3) is 0 Å². The summed E-state index contributed by atoms with van der Waals surface area (Å²) in [5.41, 5.74) is 1.38. The number of nitrogens with one attached hydrogen (secondary N) is 1. The highest BCUT2D eigenvalue weighted by molar-refractivity contribution is 5.50. The van der Waals surface area contributed by atoms with Gasteiger partial charge in [-0.05, 0) is 43.2 Å². The third kappa shape index (κ3) is 3.27. The summed E-state index contributed by atoms with van der Waals surface area (Å²) in [6, 6.07) is 10.2. The molecule has 2 aliphatic rings. The largest absolute Gasteiger partial charge is 0.394 e. The van der Waals surface area contributed by atoms with Gasteiger partial charge in [0.05, 0.1) is 12.6 Å². The van der Waals surface area contributed by atoms with E-state index in [0.29, 0.717) is 12.4 Å². The highest BCUT2D eigenvalue weighted by Crippen LogP contribution is 2.35. The van der Waals surface area contributed by atoms with E-state index >= 15 is 0 Å². The first-order valence-corrected chi connectivity index (χ1v) is 9.44. The van der Waals surface area contributed by atoms with E-state index in [1.165, 1.54) is 5.56 Å². The number of benzene rings is 1. The molecule has 0 saturated carbocycles. The maximum absolute atomic E-state index is 11.2. The van der Waals surface area contributed by atoms with Gasteiger partial charge in [0.25, 0.3) is 0 Å². The Morgan fingerprint density at radius 3 is 3.00 bits per heavy atom. The van der Waals surface area contributed by atoms with Gasteiger partial charge >= 0.3 is 0 Å². The molecule has 2 heterocycles. The molecule has 2 atom stereocenters. The van der Waals surface area contributed by atoms with Gasteiger partial charge in [-0.3, -0.25) is 0 Å². The summed E-state index contributed by atoms with van der Waals surface area (Å²) in [5, 5.41) is 24.0. The van der Waals surface area contributed by atoms with Crippen LogP contribution in [0.15, 0.2) is 36.7 Å². The molecule has 1 aromatic carbocycles. The van der Waals surface area contributed by atoms with E-state index < -0.39 is 5.60 Å². The number of rotatable bonds is 5. The summed E-state index contributed by atoms with van der Waals surface area (Å²) in [6.07, 6.45) is 6.34. The molecular formula is C20H26N4O2. The van der Waals surface area contributed by atoms with Gasteiger partial charge in [-0.15, -0.1) is 0 Å². The van der Waals surface area contributed by atoms with Gasteiger partial charge in [0.2, 0.25) is 0 Å². The van der Waals surface area contributed by atoms with E-state index in [0.717, 1.165) is 50.0 Å². The SMILES string of the molecule is OCC1CCCN1c1cc(NCC2(O)CCCc3ccccc32)ncn1. The van der Waals surface area contributed by atoms with E-state index in [1.54, 1.807) is 6.33 Å². The second-order valence-corrected chi connectivity index (χ2v) is 7.33. The number of fused-ring (bicyclic) bond motifs is 1. The topological polar surface area (TPSA) is 81.5 Å². The van der Waals surface area contributed by atoms with Crippen molar-refractivity contribution < 1.29 is 10.2 Å². The minimum Gasteiger partial charge on any atom is -0.394 e. The van der Waals surface area contributed by atoms with Crippen molar-refractivity contribution in [3.05, 3.63) is 47.8 Å². The average Bonchev–Trinajstić information content (AvgIpc) is 3.16. The highest BCUT2D eigenvalue weighted by Gasteiger charge is 2.34. The maximum Gasteiger partial charge on any atom is 0.134 e. The van der Waals surface area contributed by atoms with Gasteiger partial charge in [0.1, 0.15) is 23.6 Å². The van der Waals surface area contributed by atoms with Crippen molar-refractivity contribution in [2.45, 2.75) is 43.7 Å². The lowest BCUT2D eigenvalue weighted by molar-refractivity contribution is 0.0322. The molecule has 0 radical (unpaired) electrons. The van der Waals surface area contributed by atoms with Gasteiger partial charge in [-0.2, -0.15) is 0 Å². The fourth-order valence-electron chi connectivity index (χ4n) is 4.25. The first-order chi connectivity index (χ1) is 12.7. The predicted octanol–water partition coefficient (Wildman–Crippen LogP) is 2.07. The van der Waals surface area contributed by atoms with E-state index in [1.807, 2.05) is 24.3 Å². The molecule has 0 spiro atoms. The van der Waals surface area contributed by atoms with E-state index in [-0.39, 0.29) is 12.6 Å². The third-order valence-electron chi connectivity index (χ3n) is 5.65. The van der Waals surface area contributed by atoms with Crippen molar-refractivity contribution in [1.29, 1.82) is 0 Å². The van der Waals surface area contributed by atoms with Crippen LogP contribution in [-0.2, 0) is 12.0 Å². The molecule has 1 aliphatic heterocycles. The van der Waals surface area contributed by atoms with Gasteiger partial charge in [-0.25, -0.2) is 9.97 Å². The summed E-state index contributed by atoms with van der Waals surface area (Å²) < 4.78 is 0. The van der Waals surface area contributed by atoms with Gasteiger partial charge in [-0.1, -0.05) is 24.3 Å². The molecule has 138 valence electrons. The van der Waals surface area contributed by atoms with Crippen LogP contribution in [0, 0.1) is 0 Å². The summed E-state index contributed by atoms with van der Waals surface area (Å²) in [7, 11) is 0. The Bertz CT molecular complexity index is 769. The van der Waals surface area contributed by atoms with E-state index in [2.05, 4.69) is 26.3 Å². The van der Waals surface area contributed by atoms with E-state index in [9.17, 15) is 10.2 Å². The minimum atomic E-state index is -0.874. The molecule has 1 aliphatic carbocycles. The molecule has 0 bridgehead atoms. The van der Waals surface area contributed by atoms with Crippen molar-refractivity contribution >= 4 is 11.6 Å². The van der Waals surface area contributed by atoms with Crippen molar-refractivity contribution in [2.24, 2.45) is 0 Å². The standard InChI is InChI=1S/C20H26N4O2/c25-12-16-7-4-10-24(16)19-11-18(22-14-23-19)21-13-20(26)9-3-6-15-5-1-2-8-17(15)20/h1-2,5,8,11,14,16,25-26H,3-4,6-7,9-10,12-13H2,(H,21,22,23). The van der Waals surface area contributed by atoms with Gasteiger partial charge in [0.15, 0.2) is 0 Å². The Morgan fingerprint density at radius 2 is 2.12 bits per heavy atom. The van der Waals surface area contributed by atoms with Crippen LogP contribution >= 0.6 is 0 Å². The number of anilines is 2. The van der Waals surface area contributed by atoms with Crippen LogP contribution in [0.3, 0.4) is 0 Å². The molecule has 2 aromatic rings. The molecule has 6 heteroatoms. The Hall–Kier alpha value is -2.18. The normalized spacial score (nSPS) is 25.2. The van der Waals surface area contributed by atoms with Crippen molar-refractivity contribution in [2.75, 3.05) is 29.9 Å². The summed E-state index contributed by atoms with van der Waals surface area (Å²) in [4.78, 5) is 10.8. The van der Waals surface area contributed by atoms with Crippen LogP contribution in [-0.4, -0.2) is 45.9 Å². The Kier molecular flexibility index (Phi) is 4.78. The second-order valence-electron chi connectivity index (χ2n) is 7.33.